The molecule has 4 heteroatoms. The van der Waals surface area contributed by atoms with Gasteiger partial charge in [-0.25, -0.2) is 4.39 Å². The minimum absolute atomic E-state index is 0.171. The third-order valence-corrected chi connectivity index (χ3v) is 3.55. The number of hydrogen-bond donors (Lipinski definition) is 1. The van der Waals surface area contributed by atoms with Crippen molar-refractivity contribution in [3.8, 4) is 11.3 Å². The van der Waals surface area contributed by atoms with Crippen LogP contribution < -0.4 is 5.56 Å². The Labute approximate surface area is 123 Å². The molecule has 0 saturated heterocycles. The van der Waals surface area contributed by atoms with E-state index < -0.39 is 0 Å². The Bertz CT molecular complexity index is 647. The van der Waals surface area contributed by atoms with Crippen LogP contribution in [0, 0.1) is 5.82 Å². The fourth-order valence-electron chi connectivity index (χ4n) is 2.36. The summed E-state index contributed by atoms with van der Waals surface area (Å²) in [5.41, 5.74) is 1.77. The van der Waals surface area contributed by atoms with Gasteiger partial charge in [0.25, 0.3) is 5.56 Å². The Morgan fingerprint density at radius 3 is 2.43 bits per heavy atom. The summed E-state index contributed by atoms with van der Waals surface area (Å²) in [5, 5.41) is 9.25. The number of benzene rings is 1. The van der Waals surface area contributed by atoms with Crippen LogP contribution in [0.4, 0.5) is 4.39 Å². The van der Waals surface area contributed by atoms with Crippen LogP contribution in [-0.2, 0) is 13.2 Å². The molecular formula is C17H20FNO2. The molecular weight excluding hydrogens is 269 g/mol. The molecule has 0 aliphatic heterocycles. The molecule has 0 aliphatic rings. The Morgan fingerprint density at radius 1 is 1.10 bits per heavy atom. The SMILES string of the molecule is CCCCCn1c(-c2ccc(F)cc2)ccc(CO)c1=O. The summed E-state index contributed by atoms with van der Waals surface area (Å²) in [5.74, 6) is -0.300. The van der Waals surface area contributed by atoms with E-state index >= 15 is 0 Å². The quantitative estimate of drug-likeness (QED) is 0.829. The number of hydrogen-bond acceptors (Lipinski definition) is 2. The topological polar surface area (TPSA) is 42.2 Å². The number of nitrogens with zero attached hydrogens (tertiary/aromatic N) is 1. The van der Waals surface area contributed by atoms with Gasteiger partial charge < -0.3 is 9.67 Å². The monoisotopic (exact) mass is 289 g/mol. The van der Waals surface area contributed by atoms with Crippen molar-refractivity contribution in [3.63, 3.8) is 0 Å². The van der Waals surface area contributed by atoms with Gasteiger partial charge in [0.15, 0.2) is 0 Å². The molecule has 0 amide bonds. The van der Waals surface area contributed by atoms with Crippen LogP contribution in [0.1, 0.15) is 31.7 Å². The zero-order valence-corrected chi connectivity index (χ0v) is 12.2. The molecule has 0 saturated carbocycles. The molecule has 0 fully saturated rings. The second-order valence-corrected chi connectivity index (χ2v) is 5.07. The Kier molecular flexibility index (Phi) is 5.28. The molecule has 3 nitrogen and oxygen atoms in total. The van der Waals surface area contributed by atoms with Gasteiger partial charge in [0.05, 0.1) is 12.3 Å². The molecule has 2 aromatic rings. The summed E-state index contributed by atoms with van der Waals surface area (Å²) in [7, 11) is 0. The maximum absolute atomic E-state index is 13.0. The Morgan fingerprint density at radius 2 is 1.81 bits per heavy atom. The van der Waals surface area contributed by atoms with E-state index in [0.29, 0.717) is 12.1 Å². The first kappa shape index (κ1) is 15.4. The van der Waals surface area contributed by atoms with Gasteiger partial charge in [-0.05, 0) is 48.4 Å². The Hall–Kier alpha value is -1.94. The standard InChI is InChI=1S/C17H20FNO2/c1-2-3-4-11-19-16(10-7-14(12-20)17(19)21)13-5-8-15(18)9-6-13/h5-10,20H,2-4,11-12H2,1H3. The molecule has 112 valence electrons. The molecule has 21 heavy (non-hydrogen) atoms. The highest BCUT2D eigenvalue weighted by Crippen LogP contribution is 2.19. The number of aromatic nitrogens is 1. The summed E-state index contributed by atoms with van der Waals surface area (Å²) >= 11 is 0. The molecule has 1 aromatic carbocycles. The summed E-state index contributed by atoms with van der Waals surface area (Å²) < 4.78 is 14.7. The molecule has 0 bridgehead atoms. The van der Waals surface area contributed by atoms with Crippen LogP contribution in [0.5, 0.6) is 0 Å². The Balaban J connectivity index is 2.46. The molecule has 2 rings (SSSR count). The molecule has 0 unspecified atom stereocenters. The highest BCUT2D eigenvalue weighted by atomic mass is 19.1. The molecule has 0 radical (unpaired) electrons. The van der Waals surface area contributed by atoms with E-state index in [0.717, 1.165) is 30.5 Å². The number of unbranched alkanes of at least 4 members (excludes halogenated alkanes) is 2. The van der Waals surface area contributed by atoms with Crippen molar-refractivity contribution in [2.24, 2.45) is 0 Å². The van der Waals surface area contributed by atoms with Crippen molar-refractivity contribution in [1.29, 1.82) is 0 Å². The summed E-state index contributed by atoms with van der Waals surface area (Å²) in [6.07, 6.45) is 3.01. The van der Waals surface area contributed by atoms with Gasteiger partial charge in [-0.2, -0.15) is 0 Å². The van der Waals surface area contributed by atoms with Gasteiger partial charge in [0, 0.05) is 12.1 Å². The van der Waals surface area contributed by atoms with Gasteiger partial charge in [0.2, 0.25) is 0 Å². The second-order valence-electron chi connectivity index (χ2n) is 5.07. The molecule has 0 atom stereocenters. The average molecular weight is 289 g/mol. The number of aliphatic hydroxyl groups is 1. The lowest BCUT2D eigenvalue weighted by Crippen LogP contribution is -2.25. The molecule has 1 heterocycles. The van der Waals surface area contributed by atoms with E-state index in [1.165, 1.54) is 12.1 Å². The number of aliphatic hydroxyl groups excluding tert-OH is 1. The number of rotatable bonds is 6. The van der Waals surface area contributed by atoms with Gasteiger partial charge in [-0.1, -0.05) is 19.8 Å². The van der Waals surface area contributed by atoms with Crippen molar-refractivity contribution in [3.05, 3.63) is 58.1 Å². The summed E-state index contributed by atoms with van der Waals surface area (Å²) in [6.45, 7) is 2.44. The lowest BCUT2D eigenvalue weighted by Gasteiger charge is -2.14. The molecule has 1 aromatic heterocycles. The van der Waals surface area contributed by atoms with Crippen molar-refractivity contribution in [2.45, 2.75) is 39.3 Å². The third kappa shape index (κ3) is 3.58. The van der Waals surface area contributed by atoms with Gasteiger partial charge >= 0.3 is 0 Å². The fraction of sp³-hybridized carbons (Fsp3) is 0.353. The smallest absolute Gasteiger partial charge is 0.256 e. The molecule has 0 spiro atoms. The largest absolute Gasteiger partial charge is 0.391 e. The highest BCUT2D eigenvalue weighted by Gasteiger charge is 2.10. The highest BCUT2D eigenvalue weighted by molar-refractivity contribution is 5.59. The minimum Gasteiger partial charge on any atom is -0.391 e. The minimum atomic E-state index is -0.300. The number of pyridine rings is 1. The number of halogens is 1. The molecule has 1 N–H and O–H groups in total. The van der Waals surface area contributed by atoms with Gasteiger partial charge in [0.1, 0.15) is 5.82 Å². The van der Waals surface area contributed by atoms with Crippen LogP contribution in [-0.4, -0.2) is 9.67 Å². The second kappa shape index (κ2) is 7.18. The summed E-state index contributed by atoms with van der Waals surface area (Å²) in [6, 6.07) is 9.55. The van der Waals surface area contributed by atoms with Crippen LogP contribution in [0.2, 0.25) is 0 Å². The predicted octanol–water partition coefficient (Wildman–Crippen LogP) is 3.34. The zero-order valence-electron chi connectivity index (χ0n) is 12.2. The first-order valence-corrected chi connectivity index (χ1v) is 7.27. The maximum Gasteiger partial charge on any atom is 0.256 e. The van der Waals surface area contributed by atoms with Gasteiger partial charge in [-0.15, -0.1) is 0 Å². The lowest BCUT2D eigenvalue weighted by atomic mass is 10.1. The normalized spacial score (nSPS) is 10.8. The summed E-state index contributed by atoms with van der Waals surface area (Å²) in [4.78, 5) is 12.4. The van der Waals surface area contributed by atoms with E-state index in [2.05, 4.69) is 6.92 Å². The van der Waals surface area contributed by atoms with E-state index in [9.17, 15) is 14.3 Å². The van der Waals surface area contributed by atoms with Crippen molar-refractivity contribution in [1.82, 2.24) is 4.57 Å². The first-order valence-electron chi connectivity index (χ1n) is 7.27. The predicted molar refractivity (Wildman–Crippen MR) is 81.5 cm³/mol. The van der Waals surface area contributed by atoms with E-state index in [-0.39, 0.29) is 18.0 Å². The van der Waals surface area contributed by atoms with Crippen molar-refractivity contribution >= 4 is 0 Å². The van der Waals surface area contributed by atoms with Crippen molar-refractivity contribution in [2.75, 3.05) is 0 Å². The average Bonchev–Trinajstić information content (AvgIpc) is 2.50. The van der Waals surface area contributed by atoms with Crippen LogP contribution >= 0.6 is 0 Å². The van der Waals surface area contributed by atoms with Crippen molar-refractivity contribution < 1.29 is 9.50 Å². The van der Waals surface area contributed by atoms with Crippen LogP contribution in [0.25, 0.3) is 11.3 Å². The van der Waals surface area contributed by atoms with E-state index in [1.54, 1.807) is 22.8 Å². The first-order chi connectivity index (χ1) is 10.2. The molecule has 0 aliphatic carbocycles. The van der Waals surface area contributed by atoms with Crippen LogP contribution in [0.15, 0.2) is 41.2 Å². The van der Waals surface area contributed by atoms with Gasteiger partial charge in [-0.3, -0.25) is 4.79 Å². The zero-order chi connectivity index (χ0) is 15.2. The maximum atomic E-state index is 13.0. The van der Waals surface area contributed by atoms with Crippen LogP contribution in [0.3, 0.4) is 0 Å². The fourth-order valence-corrected chi connectivity index (χ4v) is 2.36. The van der Waals surface area contributed by atoms with E-state index in [4.69, 9.17) is 0 Å². The third-order valence-electron chi connectivity index (χ3n) is 3.55. The lowest BCUT2D eigenvalue weighted by molar-refractivity contribution is 0.279. The van der Waals surface area contributed by atoms with E-state index in [1.807, 2.05) is 6.07 Å².